The topological polar surface area (TPSA) is 75.3 Å². The molecule has 6 nitrogen and oxygen atoms in total. The monoisotopic (exact) mass is 459 g/mol. The Morgan fingerprint density at radius 2 is 1.81 bits per heavy atom. The molecule has 2 bridgehead atoms. The summed E-state index contributed by atoms with van der Waals surface area (Å²) in [6.45, 7) is 7.98. The van der Waals surface area contributed by atoms with E-state index in [-0.39, 0.29) is 30.0 Å². The Hall–Kier alpha value is -1.86. The molecule has 2 unspecified atom stereocenters. The lowest BCUT2D eigenvalue weighted by molar-refractivity contribution is 0.0609. The summed E-state index contributed by atoms with van der Waals surface area (Å²) >= 11 is 0. The van der Waals surface area contributed by atoms with Crippen LogP contribution in [0.2, 0.25) is 0 Å². The van der Waals surface area contributed by atoms with Gasteiger partial charge in [-0.3, -0.25) is 10.00 Å². The highest BCUT2D eigenvalue weighted by atomic mass is 32.2. The third-order valence-corrected chi connectivity index (χ3v) is 8.76. The molecule has 0 amide bonds. The van der Waals surface area contributed by atoms with Crippen molar-refractivity contribution in [3.8, 4) is 5.75 Å². The second-order valence-electron chi connectivity index (χ2n) is 9.82. The van der Waals surface area contributed by atoms with E-state index in [0.717, 1.165) is 37.9 Å². The molecule has 4 rings (SSSR count). The minimum absolute atomic E-state index is 0.0638. The molecule has 2 saturated heterocycles. The van der Waals surface area contributed by atoms with Crippen LogP contribution >= 0.6 is 0 Å². The van der Waals surface area contributed by atoms with Crippen LogP contribution in [0.5, 0.6) is 5.75 Å². The molecule has 3 heterocycles. The van der Waals surface area contributed by atoms with Gasteiger partial charge in [0.15, 0.2) is 9.84 Å². The van der Waals surface area contributed by atoms with Gasteiger partial charge in [-0.1, -0.05) is 39.3 Å². The quantitative estimate of drug-likeness (QED) is 0.572. The summed E-state index contributed by atoms with van der Waals surface area (Å²) < 4.78 is 33.1. The molecule has 1 N–H and O–H groups in total. The highest BCUT2D eigenvalue weighted by Crippen LogP contribution is 2.39. The van der Waals surface area contributed by atoms with E-state index in [1.54, 1.807) is 6.92 Å². The van der Waals surface area contributed by atoms with Crippen molar-refractivity contribution < 1.29 is 13.2 Å². The van der Waals surface area contributed by atoms with Crippen LogP contribution in [0, 0.1) is 6.92 Å². The molecule has 2 fully saturated rings. The van der Waals surface area contributed by atoms with Crippen molar-refractivity contribution in [2.45, 2.75) is 102 Å². The molecule has 1 aromatic heterocycles. The van der Waals surface area contributed by atoms with Crippen LogP contribution in [-0.2, 0) is 16.3 Å². The summed E-state index contributed by atoms with van der Waals surface area (Å²) in [7, 11) is -3.45. The Morgan fingerprint density at radius 3 is 2.41 bits per heavy atom. The number of hydrogen-bond donors (Lipinski definition) is 1. The summed E-state index contributed by atoms with van der Waals surface area (Å²) in [5, 5.41) is 7.15. The minimum atomic E-state index is -3.45. The molecular formula is C25H37N3O3S. The lowest BCUT2D eigenvalue weighted by Gasteiger charge is -2.38. The number of fused-ring (bicyclic) bond motifs is 2. The normalized spacial score (nSPS) is 23.7. The molecule has 0 spiro atoms. The third kappa shape index (κ3) is 4.88. The average Bonchev–Trinajstić information content (AvgIpc) is 3.24. The van der Waals surface area contributed by atoms with Gasteiger partial charge in [-0.15, -0.1) is 0 Å². The van der Waals surface area contributed by atoms with Gasteiger partial charge in [0.05, 0.1) is 11.4 Å². The fourth-order valence-electron chi connectivity index (χ4n) is 5.32. The van der Waals surface area contributed by atoms with Crippen LogP contribution < -0.4 is 4.74 Å². The highest BCUT2D eigenvalue weighted by molar-refractivity contribution is 7.91. The zero-order valence-corrected chi connectivity index (χ0v) is 20.6. The Kier molecular flexibility index (Phi) is 6.96. The fourth-order valence-corrected chi connectivity index (χ4v) is 7.38. The predicted molar refractivity (Wildman–Crippen MR) is 127 cm³/mol. The number of benzene rings is 1. The van der Waals surface area contributed by atoms with E-state index >= 15 is 0 Å². The predicted octanol–water partition coefficient (Wildman–Crippen LogP) is 4.99. The van der Waals surface area contributed by atoms with Crippen molar-refractivity contribution in [3.05, 3.63) is 41.2 Å². The van der Waals surface area contributed by atoms with Gasteiger partial charge in [-0.05, 0) is 69.1 Å². The Balaban J connectivity index is 1.41. The molecular weight excluding hydrogens is 422 g/mol. The molecule has 7 heteroatoms. The SMILES string of the molecule is CCCCc1ccc(OC2CC3CC[C@H](C2)N3CS(=O)(=O)c2c(C(C)C)n[nH]c2C)cc1. The number of aromatic nitrogens is 2. The van der Waals surface area contributed by atoms with E-state index < -0.39 is 9.84 Å². The molecule has 1 aromatic carbocycles. The number of unbranched alkanes of at least 4 members (excludes halogenated alkanes) is 1. The van der Waals surface area contributed by atoms with Crippen LogP contribution in [-0.4, -0.2) is 47.6 Å². The zero-order chi connectivity index (χ0) is 22.9. The van der Waals surface area contributed by atoms with Crippen LogP contribution in [0.4, 0.5) is 0 Å². The molecule has 0 radical (unpaired) electrons. The Labute approximate surface area is 192 Å². The van der Waals surface area contributed by atoms with Gasteiger partial charge in [-0.25, -0.2) is 8.42 Å². The van der Waals surface area contributed by atoms with E-state index in [1.807, 2.05) is 13.8 Å². The molecule has 32 heavy (non-hydrogen) atoms. The van der Waals surface area contributed by atoms with Gasteiger partial charge in [0.2, 0.25) is 0 Å². The molecule has 2 aliphatic rings. The van der Waals surface area contributed by atoms with Crippen LogP contribution in [0.25, 0.3) is 0 Å². The second-order valence-corrected chi connectivity index (χ2v) is 11.7. The summed E-state index contributed by atoms with van der Waals surface area (Å²) in [5.41, 5.74) is 2.65. The molecule has 2 aromatic rings. The van der Waals surface area contributed by atoms with Gasteiger partial charge in [0, 0.05) is 12.1 Å². The van der Waals surface area contributed by atoms with Gasteiger partial charge in [0.1, 0.15) is 22.6 Å². The van der Waals surface area contributed by atoms with Gasteiger partial charge < -0.3 is 4.74 Å². The smallest absolute Gasteiger partial charge is 0.195 e. The number of nitrogens with zero attached hydrogens (tertiary/aromatic N) is 2. The van der Waals surface area contributed by atoms with Crippen molar-refractivity contribution in [1.82, 2.24) is 15.1 Å². The van der Waals surface area contributed by atoms with Crippen LogP contribution in [0.15, 0.2) is 29.2 Å². The maximum Gasteiger partial charge on any atom is 0.195 e. The van der Waals surface area contributed by atoms with E-state index in [2.05, 4.69) is 46.3 Å². The first-order valence-electron chi connectivity index (χ1n) is 12.1. The number of ether oxygens (including phenoxy) is 1. The maximum absolute atomic E-state index is 13.4. The number of rotatable bonds is 9. The van der Waals surface area contributed by atoms with Crippen molar-refractivity contribution in [2.75, 3.05) is 5.88 Å². The summed E-state index contributed by atoms with van der Waals surface area (Å²) in [6, 6.07) is 9.01. The summed E-state index contributed by atoms with van der Waals surface area (Å²) in [6.07, 6.45) is 7.51. The first-order valence-corrected chi connectivity index (χ1v) is 13.7. The molecule has 0 saturated carbocycles. The van der Waals surface area contributed by atoms with Crippen molar-refractivity contribution in [1.29, 1.82) is 0 Å². The number of aryl methyl sites for hydroxylation is 2. The third-order valence-electron chi connectivity index (χ3n) is 6.98. The fraction of sp³-hybridized carbons (Fsp3) is 0.640. The van der Waals surface area contributed by atoms with Crippen LogP contribution in [0.3, 0.4) is 0 Å². The lowest BCUT2D eigenvalue weighted by atomic mass is 10.0. The lowest BCUT2D eigenvalue weighted by Crippen LogP contribution is -2.48. The summed E-state index contributed by atoms with van der Waals surface area (Å²) in [5.74, 6) is 1.06. The highest BCUT2D eigenvalue weighted by Gasteiger charge is 2.44. The average molecular weight is 460 g/mol. The van der Waals surface area contributed by atoms with E-state index in [4.69, 9.17) is 4.74 Å². The van der Waals surface area contributed by atoms with E-state index in [1.165, 1.54) is 18.4 Å². The minimum Gasteiger partial charge on any atom is -0.490 e. The van der Waals surface area contributed by atoms with Crippen molar-refractivity contribution >= 4 is 9.84 Å². The van der Waals surface area contributed by atoms with E-state index in [0.29, 0.717) is 16.3 Å². The molecule has 176 valence electrons. The van der Waals surface area contributed by atoms with Crippen molar-refractivity contribution in [2.24, 2.45) is 0 Å². The Morgan fingerprint density at radius 1 is 1.16 bits per heavy atom. The number of piperidine rings is 1. The standard InChI is InChI=1S/C25H37N3O3S/c1-5-6-7-19-8-12-22(13-9-19)31-23-14-20-10-11-21(15-23)28(20)16-32(29,30)25-18(4)26-27-24(25)17(2)3/h8-9,12-13,17,20-21,23H,5-7,10-11,14-16H2,1-4H3,(H,26,27)/t20-,21?,23?/m1/s1. The molecule has 2 aliphatic heterocycles. The largest absolute Gasteiger partial charge is 0.490 e. The number of H-pyrrole nitrogens is 1. The van der Waals surface area contributed by atoms with E-state index in [9.17, 15) is 8.42 Å². The first-order chi connectivity index (χ1) is 15.3. The number of aromatic amines is 1. The van der Waals surface area contributed by atoms with Crippen molar-refractivity contribution in [3.63, 3.8) is 0 Å². The molecule has 0 aliphatic carbocycles. The van der Waals surface area contributed by atoms with Crippen LogP contribution in [0.1, 0.15) is 82.2 Å². The second kappa shape index (κ2) is 9.56. The maximum atomic E-state index is 13.4. The van der Waals surface area contributed by atoms with Gasteiger partial charge in [0.25, 0.3) is 0 Å². The number of sulfone groups is 1. The first kappa shape index (κ1) is 23.3. The molecule has 3 atom stereocenters. The zero-order valence-electron chi connectivity index (χ0n) is 19.8. The van der Waals surface area contributed by atoms with Gasteiger partial charge >= 0.3 is 0 Å². The Bertz CT molecular complexity index is 1000. The number of nitrogens with one attached hydrogen (secondary N) is 1. The summed E-state index contributed by atoms with van der Waals surface area (Å²) in [4.78, 5) is 2.60. The van der Waals surface area contributed by atoms with Gasteiger partial charge in [-0.2, -0.15) is 5.10 Å². The number of hydrogen-bond acceptors (Lipinski definition) is 5.